The van der Waals surface area contributed by atoms with E-state index in [0.717, 1.165) is 25.6 Å². The summed E-state index contributed by atoms with van der Waals surface area (Å²) in [7, 11) is 0. The molecule has 1 aliphatic heterocycles. The average molecular weight is 226 g/mol. The second kappa shape index (κ2) is 4.89. The predicted octanol–water partition coefficient (Wildman–Crippen LogP) is 1.75. The van der Waals surface area contributed by atoms with E-state index in [0.29, 0.717) is 24.6 Å². The van der Waals surface area contributed by atoms with E-state index < -0.39 is 0 Å². The van der Waals surface area contributed by atoms with E-state index in [4.69, 9.17) is 5.73 Å². The minimum Gasteiger partial charge on any atom is -0.330 e. The van der Waals surface area contributed by atoms with Crippen molar-refractivity contribution in [3.05, 3.63) is 35.4 Å². The summed E-state index contributed by atoms with van der Waals surface area (Å²) in [6.45, 7) is 2.94. The number of halogens is 2. The normalized spacial score (nSPS) is 21.6. The van der Waals surface area contributed by atoms with Crippen LogP contribution < -0.4 is 5.73 Å². The van der Waals surface area contributed by atoms with Crippen LogP contribution in [0.15, 0.2) is 18.2 Å². The van der Waals surface area contributed by atoms with Gasteiger partial charge in [-0.15, -0.1) is 0 Å². The van der Waals surface area contributed by atoms with Gasteiger partial charge in [-0.25, -0.2) is 8.78 Å². The molecule has 1 atom stereocenters. The lowest BCUT2D eigenvalue weighted by Crippen LogP contribution is -2.23. The molecule has 1 aromatic rings. The fourth-order valence-corrected chi connectivity index (χ4v) is 2.15. The summed E-state index contributed by atoms with van der Waals surface area (Å²) in [6, 6.07) is 3.60. The summed E-state index contributed by atoms with van der Waals surface area (Å²) >= 11 is 0. The minimum absolute atomic E-state index is 0.336. The standard InChI is InChI=1S/C12H16F2N2/c13-11-1-2-12(14)10(5-11)8-16-4-3-9(6-15)7-16/h1-2,5,9H,3-4,6-8,15H2. The molecular weight excluding hydrogens is 210 g/mol. The lowest BCUT2D eigenvalue weighted by Gasteiger charge is -2.16. The third-order valence-corrected chi connectivity index (χ3v) is 3.11. The van der Waals surface area contributed by atoms with Gasteiger partial charge in [0.15, 0.2) is 0 Å². The molecule has 1 unspecified atom stereocenters. The Morgan fingerprint density at radius 1 is 1.38 bits per heavy atom. The van der Waals surface area contributed by atoms with Crippen molar-refractivity contribution in [2.45, 2.75) is 13.0 Å². The molecule has 0 aliphatic carbocycles. The van der Waals surface area contributed by atoms with Crippen LogP contribution in [0.1, 0.15) is 12.0 Å². The predicted molar refractivity (Wildman–Crippen MR) is 58.8 cm³/mol. The summed E-state index contributed by atoms with van der Waals surface area (Å²) in [5.41, 5.74) is 6.01. The number of hydrogen-bond donors (Lipinski definition) is 1. The summed E-state index contributed by atoms with van der Waals surface area (Å²) < 4.78 is 26.3. The van der Waals surface area contributed by atoms with Gasteiger partial charge in [-0.3, -0.25) is 4.90 Å². The molecule has 0 saturated carbocycles. The Morgan fingerprint density at radius 3 is 2.88 bits per heavy atom. The summed E-state index contributed by atoms with van der Waals surface area (Å²) in [6.07, 6.45) is 1.05. The molecule has 0 radical (unpaired) electrons. The van der Waals surface area contributed by atoms with Gasteiger partial charge in [0.25, 0.3) is 0 Å². The second-order valence-electron chi connectivity index (χ2n) is 4.36. The largest absolute Gasteiger partial charge is 0.330 e. The van der Waals surface area contributed by atoms with Crippen LogP contribution in [0, 0.1) is 17.6 Å². The maximum atomic E-state index is 13.4. The zero-order valence-electron chi connectivity index (χ0n) is 9.13. The first kappa shape index (κ1) is 11.5. The van der Waals surface area contributed by atoms with Gasteiger partial charge in [0.2, 0.25) is 0 Å². The van der Waals surface area contributed by atoms with Crippen LogP contribution in [0.4, 0.5) is 8.78 Å². The average Bonchev–Trinajstić information content (AvgIpc) is 2.71. The number of nitrogens with two attached hydrogens (primary N) is 1. The Balaban J connectivity index is 2.01. The highest BCUT2D eigenvalue weighted by molar-refractivity contribution is 5.18. The summed E-state index contributed by atoms with van der Waals surface area (Å²) in [5.74, 6) is -0.222. The fraction of sp³-hybridized carbons (Fsp3) is 0.500. The Labute approximate surface area is 94.0 Å². The number of benzene rings is 1. The van der Waals surface area contributed by atoms with Crippen molar-refractivity contribution >= 4 is 0 Å². The van der Waals surface area contributed by atoms with Crippen LogP contribution in [0.2, 0.25) is 0 Å². The van der Waals surface area contributed by atoms with Crippen molar-refractivity contribution in [2.24, 2.45) is 11.7 Å². The smallest absolute Gasteiger partial charge is 0.127 e. The first-order valence-electron chi connectivity index (χ1n) is 5.55. The lowest BCUT2D eigenvalue weighted by molar-refractivity contribution is 0.312. The number of rotatable bonds is 3. The van der Waals surface area contributed by atoms with E-state index >= 15 is 0 Å². The topological polar surface area (TPSA) is 29.3 Å². The molecule has 1 aliphatic rings. The van der Waals surface area contributed by atoms with Gasteiger partial charge in [0, 0.05) is 18.7 Å². The van der Waals surface area contributed by atoms with Gasteiger partial charge in [-0.05, 0) is 43.6 Å². The first-order valence-corrected chi connectivity index (χ1v) is 5.55. The van der Waals surface area contributed by atoms with Gasteiger partial charge < -0.3 is 5.73 Å². The number of likely N-dealkylation sites (tertiary alicyclic amines) is 1. The van der Waals surface area contributed by atoms with Gasteiger partial charge in [-0.2, -0.15) is 0 Å². The van der Waals surface area contributed by atoms with Crippen LogP contribution in [0.5, 0.6) is 0 Å². The molecule has 1 saturated heterocycles. The minimum atomic E-state index is -0.383. The maximum absolute atomic E-state index is 13.4. The zero-order valence-corrected chi connectivity index (χ0v) is 9.13. The molecule has 0 spiro atoms. The van der Waals surface area contributed by atoms with Gasteiger partial charge >= 0.3 is 0 Å². The SMILES string of the molecule is NCC1CCN(Cc2cc(F)ccc2F)C1. The molecular formula is C12H16F2N2. The van der Waals surface area contributed by atoms with Crippen LogP contribution in [0.25, 0.3) is 0 Å². The van der Waals surface area contributed by atoms with Gasteiger partial charge in [0.05, 0.1) is 0 Å². The molecule has 4 heteroatoms. The molecule has 1 aromatic carbocycles. The van der Waals surface area contributed by atoms with Gasteiger partial charge in [0.1, 0.15) is 11.6 Å². The highest BCUT2D eigenvalue weighted by Gasteiger charge is 2.21. The van der Waals surface area contributed by atoms with Crippen molar-refractivity contribution in [3.63, 3.8) is 0 Å². The molecule has 0 bridgehead atoms. The molecule has 2 nitrogen and oxygen atoms in total. The number of hydrogen-bond acceptors (Lipinski definition) is 2. The molecule has 1 fully saturated rings. The van der Waals surface area contributed by atoms with Crippen molar-refractivity contribution in [2.75, 3.05) is 19.6 Å². The summed E-state index contributed by atoms with van der Waals surface area (Å²) in [5, 5.41) is 0. The molecule has 2 N–H and O–H groups in total. The highest BCUT2D eigenvalue weighted by Crippen LogP contribution is 2.19. The second-order valence-corrected chi connectivity index (χ2v) is 4.36. The van der Waals surface area contributed by atoms with E-state index in [1.54, 1.807) is 0 Å². The Kier molecular flexibility index (Phi) is 3.51. The van der Waals surface area contributed by atoms with Crippen molar-refractivity contribution in [1.82, 2.24) is 4.90 Å². The zero-order chi connectivity index (χ0) is 11.5. The van der Waals surface area contributed by atoms with Crippen LogP contribution in [0.3, 0.4) is 0 Å². The molecule has 0 amide bonds. The maximum Gasteiger partial charge on any atom is 0.127 e. The van der Waals surface area contributed by atoms with E-state index in [2.05, 4.69) is 4.90 Å². The van der Waals surface area contributed by atoms with E-state index in [1.807, 2.05) is 0 Å². The molecule has 2 rings (SSSR count). The van der Waals surface area contributed by atoms with Crippen LogP contribution >= 0.6 is 0 Å². The van der Waals surface area contributed by atoms with Gasteiger partial charge in [-0.1, -0.05) is 0 Å². The lowest BCUT2D eigenvalue weighted by atomic mass is 10.1. The summed E-state index contributed by atoms with van der Waals surface area (Å²) in [4.78, 5) is 2.12. The third kappa shape index (κ3) is 2.57. The Bertz CT molecular complexity index is 368. The molecule has 88 valence electrons. The Morgan fingerprint density at radius 2 is 2.19 bits per heavy atom. The molecule has 0 aromatic heterocycles. The van der Waals surface area contributed by atoms with E-state index in [1.165, 1.54) is 12.1 Å². The third-order valence-electron chi connectivity index (χ3n) is 3.11. The fourth-order valence-electron chi connectivity index (χ4n) is 2.15. The molecule has 1 heterocycles. The van der Waals surface area contributed by atoms with E-state index in [-0.39, 0.29) is 11.6 Å². The van der Waals surface area contributed by atoms with Crippen LogP contribution in [-0.2, 0) is 6.54 Å². The number of nitrogens with zero attached hydrogens (tertiary/aromatic N) is 1. The Hall–Kier alpha value is -1.00. The van der Waals surface area contributed by atoms with Crippen molar-refractivity contribution in [3.8, 4) is 0 Å². The van der Waals surface area contributed by atoms with Crippen LogP contribution in [-0.4, -0.2) is 24.5 Å². The molecule has 16 heavy (non-hydrogen) atoms. The van der Waals surface area contributed by atoms with E-state index in [9.17, 15) is 8.78 Å². The highest BCUT2D eigenvalue weighted by atomic mass is 19.1. The first-order chi connectivity index (χ1) is 7.69. The van der Waals surface area contributed by atoms with Crippen molar-refractivity contribution in [1.29, 1.82) is 0 Å². The monoisotopic (exact) mass is 226 g/mol. The quantitative estimate of drug-likeness (QED) is 0.850. The van der Waals surface area contributed by atoms with Crippen molar-refractivity contribution < 1.29 is 8.78 Å².